The number of carbonyl (C=O) groups is 1. The second-order valence-electron chi connectivity index (χ2n) is 3.93. The van der Waals surface area contributed by atoms with Crippen LogP contribution in [-0.2, 0) is 0 Å². The molecule has 106 valence electrons. The Bertz CT molecular complexity index is 621. The van der Waals surface area contributed by atoms with E-state index < -0.39 is 17.5 Å². The molecule has 2 N–H and O–H groups in total. The van der Waals surface area contributed by atoms with E-state index in [0.717, 1.165) is 12.1 Å². The van der Waals surface area contributed by atoms with Crippen LogP contribution in [0.3, 0.4) is 0 Å². The maximum atomic E-state index is 13.7. The highest BCUT2D eigenvalue weighted by atomic mass is 32.1. The Morgan fingerprint density at radius 2 is 1.95 bits per heavy atom. The Morgan fingerprint density at radius 1 is 1.30 bits per heavy atom. The van der Waals surface area contributed by atoms with Crippen LogP contribution >= 0.6 is 11.3 Å². The summed E-state index contributed by atoms with van der Waals surface area (Å²) in [6.07, 6.45) is 0. The van der Waals surface area contributed by atoms with Crippen molar-refractivity contribution in [1.82, 2.24) is 10.2 Å². The first-order valence-electron chi connectivity index (χ1n) is 5.85. The average Bonchev–Trinajstić information content (AvgIpc) is 2.79. The molecule has 0 bridgehead atoms. The van der Waals surface area contributed by atoms with Crippen molar-refractivity contribution < 1.29 is 13.6 Å². The topological polar surface area (TPSA) is 66.9 Å². The van der Waals surface area contributed by atoms with Crippen molar-refractivity contribution >= 4 is 28.1 Å². The fourth-order valence-corrected chi connectivity index (χ4v) is 2.15. The third-order valence-electron chi connectivity index (χ3n) is 2.40. The second kappa shape index (κ2) is 5.91. The Labute approximate surface area is 118 Å². The van der Waals surface area contributed by atoms with Gasteiger partial charge in [0.15, 0.2) is 0 Å². The molecule has 1 aromatic carbocycles. The molecule has 5 nitrogen and oxygen atoms in total. The smallest absolute Gasteiger partial charge is 0.257 e. The fourth-order valence-electron chi connectivity index (χ4n) is 1.57. The highest BCUT2D eigenvalue weighted by Crippen LogP contribution is 2.22. The van der Waals surface area contributed by atoms with E-state index in [2.05, 4.69) is 20.8 Å². The van der Waals surface area contributed by atoms with Crippen LogP contribution in [0.2, 0.25) is 0 Å². The van der Waals surface area contributed by atoms with Crippen LogP contribution in [0.15, 0.2) is 12.1 Å². The van der Waals surface area contributed by atoms with Gasteiger partial charge in [0.2, 0.25) is 5.13 Å². The minimum atomic E-state index is -0.814. The zero-order valence-electron chi connectivity index (χ0n) is 10.8. The molecular formula is C12H12F2N4OS. The number of aryl methyl sites for hydroxylation is 1. The quantitative estimate of drug-likeness (QED) is 0.911. The van der Waals surface area contributed by atoms with Gasteiger partial charge in [-0.15, -0.1) is 10.2 Å². The lowest BCUT2D eigenvalue weighted by atomic mass is 10.1. The predicted octanol–water partition coefficient (Wildman–Crippen LogP) is 2.81. The van der Waals surface area contributed by atoms with Gasteiger partial charge in [-0.25, -0.2) is 8.78 Å². The number of hydrogen-bond acceptors (Lipinski definition) is 5. The molecule has 0 saturated heterocycles. The van der Waals surface area contributed by atoms with Crippen molar-refractivity contribution in [3.8, 4) is 0 Å². The van der Waals surface area contributed by atoms with E-state index in [-0.39, 0.29) is 16.4 Å². The van der Waals surface area contributed by atoms with Crippen molar-refractivity contribution in [1.29, 1.82) is 0 Å². The summed E-state index contributed by atoms with van der Waals surface area (Å²) in [6, 6.07) is 1.95. The van der Waals surface area contributed by atoms with E-state index in [4.69, 9.17) is 0 Å². The standard InChI is InChI=1S/C12H12F2N4OS/c1-3-15-10-8(13)4-7(5-9(10)14)11(19)16-12-18-17-6(2)20-12/h4-5,15H,3H2,1-2H3,(H,16,18,19). The van der Waals surface area contributed by atoms with Crippen molar-refractivity contribution in [2.75, 3.05) is 17.2 Å². The van der Waals surface area contributed by atoms with Crippen molar-refractivity contribution in [2.24, 2.45) is 0 Å². The maximum absolute atomic E-state index is 13.7. The van der Waals surface area contributed by atoms with Gasteiger partial charge in [0, 0.05) is 12.1 Å². The van der Waals surface area contributed by atoms with Gasteiger partial charge in [0.05, 0.1) is 0 Å². The molecule has 0 aliphatic rings. The zero-order chi connectivity index (χ0) is 14.7. The minimum Gasteiger partial charge on any atom is -0.381 e. The van der Waals surface area contributed by atoms with Crippen molar-refractivity contribution in [2.45, 2.75) is 13.8 Å². The minimum absolute atomic E-state index is 0.116. The molecule has 8 heteroatoms. The molecule has 0 fully saturated rings. The molecule has 0 spiro atoms. The summed E-state index contributed by atoms with van der Waals surface area (Å²) in [5.41, 5.74) is -0.356. The first kappa shape index (κ1) is 14.3. The molecule has 2 aromatic rings. The number of aromatic nitrogens is 2. The zero-order valence-corrected chi connectivity index (χ0v) is 11.6. The second-order valence-corrected chi connectivity index (χ2v) is 5.11. The first-order valence-corrected chi connectivity index (χ1v) is 6.67. The largest absolute Gasteiger partial charge is 0.381 e. The van der Waals surface area contributed by atoms with Crippen LogP contribution in [-0.4, -0.2) is 22.6 Å². The molecule has 2 rings (SSSR count). The first-order chi connectivity index (χ1) is 9.51. The summed E-state index contributed by atoms with van der Waals surface area (Å²) in [5.74, 6) is -2.27. The normalized spacial score (nSPS) is 10.4. The molecule has 20 heavy (non-hydrogen) atoms. The fraction of sp³-hybridized carbons (Fsp3) is 0.250. The lowest BCUT2D eigenvalue weighted by Gasteiger charge is -2.08. The van der Waals surface area contributed by atoms with Crippen LogP contribution in [0.25, 0.3) is 0 Å². The molecule has 0 unspecified atom stereocenters. The molecule has 1 aromatic heterocycles. The van der Waals surface area contributed by atoms with E-state index in [1.807, 2.05) is 0 Å². The van der Waals surface area contributed by atoms with Crippen LogP contribution in [0.5, 0.6) is 0 Å². The van der Waals surface area contributed by atoms with Gasteiger partial charge in [0.1, 0.15) is 22.3 Å². The van der Waals surface area contributed by atoms with Gasteiger partial charge >= 0.3 is 0 Å². The van der Waals surface area contributed by atoms with Crippen LogP contribution in [0, 0.1) is 18.6 Å². The number of nitrogens with zero attached hydrogens (tertiary/aromatic N) is 2. The Kier molecular flexibility index (Phi) is 4.23. The number of amides is 1. The van der Waals surface area contributed by atoms with E-state index in [1.54, 1.807) is 13.8 Å². The summed E-state index contributed by atoms with van der Waals surface area (Å²) in [5, 5.41) is 13.4. The summed E-state index contributed by atoms with van der Waals surface area (Å²) in [7, 11) is 0. The van der Waals surface area contributed by atoms with Gasteiger partial charge in [-0.3, -0.25) is 10.1 Å². The highest BCUT2D eigenvalue weighted by Gasteiger charge is 2.16. The summed E-state index contributed by atoms with van der Waals surface area (Å²) in [4.78, 5) is 11.9. The molecule has 0 atom stereocenters. The lowest BCUT2D eigenvalue weighted by molar-refractivity contribution is 0.102. The van der Waals surface area contributed by atoms with E-state index >= 15 is 0 Å². The van der Waals surface area contributed by atoms with Gasteiger partial charge < -0.3 is 5.32 Å². The lowest BCUT2D eigenvalue weighted by Crippen LogP contribution is -2.13. The molecular weight excluding hydrogens is 286 g/mol. The molecule has 0 aliphatic heterocycles. The monoisotopic (exact) mass is 298 g/mol. The molecule has 0 aliphatic carbocycles. The number of anilines is 2. The number of carbonyl (C=O) groups excluding carboxylic acids is 1. The molecule has 0 radical (unpaired) electrons. The van der Waals surface area contributed by atoms with Crippen molar-refractivity contribution in [3.05, 3.63) is 34.3 Å². The summed E-state index contributed by atoms with van der Waals surface area (Å²) in [6.45, 7) is 3.83. The summed E-state index contributed by atoms with van der Waals surface area (Å²) < 4.78 is 27.4. The molecule has 0 saturated carbocycles. The Balaban J connectivity index is 2.22. The third-order valence-corrected chi connectivity index (χ3v) is 3.16. The number of benzene rings is 1. The SMILES string of the molecule is CCNc1c(F)cc(C(=O)Nc2nnc(C)s2)cc1F. The number of halogens is 2. The Morgan fingerprint density at radius 3 is 2.45 bits per heavy atom. The third kappa shape index (κ3) is 3.08. The van der Waals surface area contributed by atoms with Gasteiger partial charge in [-0.1, -0.05) is 11.3 Å². The number of rotatable bonds is 4. The molecule has 1 amide bonds. The van der Waals surface area contributed by atoms with Crippen LogP contribution in [0.1, 0.15) is 22.3 Å². The maximum Gasteiger partial charge on any atom is 0.257 e. The predicted molar refractivity (Wildman–Crippen MR) is 73.1 cm³/mol. The van der Waals surface area contributed by atoms with Crippen molar-refractivity contribution in [3.63, 3.8) is 0 Å². The summed E-state index contributed by atoms with van der Waals surface area (Å²) >= 11 is 1.18. The number of nitrogens with one attached hydrogen (secondary N) is 2. The number of hydrogen-bond donors (Lipinski definition) is 2. The van der Waals surface area contributed by atoms with E-state index in [1.165, 1.54) is 11.3 Å². The molecule has 1 heterocycles. The van der Waals surface area contributed by atoms with E-state index in [0.29, 0.717) is 11.6 Å². The van der Waals surface area contributed by atoms with E-state index in [9.17, 15) is 13.6 Å². The average molecular weight is 298 g/mol. The Hall–Kier alpha value is -2.09. The van der Waals surface area contributed by atoms with Gasteiger partial charge in [0.25, 0.3) is 5.91 Å². The van der Waals surface area contributed by atoms with Crippen LogP contribution < -0.4 is 10.6 Å². The van der Waals surface area contributed by atoms with Gasteiger partial charge in [-0.2, -0.15) is 0 Å². The van der Waals surface area contributed by atoms with Gasteiger partial charge in [-0.05, 0) is 26.0 Å². The highest BCUT2D eigenvalue weighted by molar-refractivity contribution is 7.15. The van der Waals surface area contributed by atoms with Crippen LogP contribution in [0.4, 0.5) is 19.6 Å².